The molecular weight excluding hydrogens is 248 g/mol. The summed E-state index contributed by atoms with van der Waals surface area (Å²) in [4.78, 5) is 10.5. The molecule has 104 valence electrons. The van der Waals surface area contributed by atoms with E-state index in [1.165, 1.54) is 0 Å². The normalized spacial score (nSPS) is 14.4. The zero-order chi connectivity index (χ0) is 13.7. The number of carbonyl (C=O) groups is 1. The van der Waals surface area contributed by atoms with E-state index in [1.54, 1.807) is 0 Å². The van der Waals surface area contributed by atoms with Crippen LogP contribution in [0.1, 0.15) is 18.5 Å². The highest BCUT2D eigenvalue weighted by atomic mass is 16.7. The van der Waals surface area contributed by atoms with Crippen molar-refractivity contribution in [3.63, 3.8) is 0 Å². The molecule has 19 heavy (non-hydrogen) atoms. The van der Waals surface area contributed by atoms with Crippen LogP contribution >= 0.6 is 0 Å². The minimum Gasteiger partial charge on any atom is -0.454 e. The van der Waals surface area contributed by atoms with Crippen LogP contribution in [0.4, 0.5) is 0 Å². The number of primary amides is 1. The molecule has 0 bridgehead atoms. The van der Waals surface area contributed by atoms with Crippen molar-refractivity contribution in [3.05, 3.63) is 23.8 Å². The van der Waals surface area contributed by atoms with Crippen LogP contribution in [-0.4, -0.2) is 32.5 Å². The molecule has 6 nitrogen and oxygen atoms in total. The van der Waals surface area contributed by atoms with Crippen molar-refractivity contribution < 1.29 is 19.0 Å². The molecule has 0 aromatic heterocycles. The Bertz CT molecular complexity index is 450. The highest BCUT2D eigenvalue weighted by molar-refractivity contribution is 5.74. The predicted molar refractivity (Wildman–Crippen MR) is 69.0 cm³/mol. The minimum atomic E-state index is -0.455. The van der Waals surface area contributed by atoms with Crippen LogP contribution in [0.3, 0.4) is 0 Å². The number of fused-ring (bicyclic) bond motifs is 1. The Morgan fingerprint density at radius 1 is 1.47 bits per heavy atom. The predicted octanol–water partition coefficient (Wildman–Crippen LogP) is 0.568. The summed E-state index contributed by atoms with van der Waals surface area (Å²) in [6.45, 7) is 3.37. The van der Waals surface area contributed by atoms with E-state index in [-0.39, 0.29) is 19.4 Å². The SMILES string of the molecule is CC(NCCOCC(N)=O)c1ccc2c(c1)OCO2. The lowest BCUT2D eigenvalue weighted by Gasteiger charge is -2.14. The van der Waals surface area contributed by atoms with Crippen LogP contribution in [0, 0.1) is 0 Å². The maximum Gasteiger partial charge on any atom is 0.243 e. The molecule has 0 radical (unpaired) electrons. The molecule has 1 amide bonds. The maximum absolute atomic E-state index is 10.5. The lowest BCUT2D eigenvalue weighted by molar-refractivity contribution is -0.122. The Kier molecular flexibility index (Phi) is 4.59. The molecule has 1 aromatic rings. The van der Waals surface area contributed by atoms with E-state index in [4.69, 9.17) is 19.9 Å². The molecular formula is C13H18N2O4. The topological polar surface area (TPSA) is 82.8 Å². The summed E-state index contributed by atoms with van der Waals surface area (Å²) in [7, 11) is 0. The summed E-state index contributed by atoms with van der Waals surface area (Å²) < 4.78 is 15.7. The van der Waals surface area contributed by atoms with E-state index in [0.717, 1.165) is 17.1 Å². The van der Waals surface area contributed by atoms with Gasteiger partial charge in [-0.15, -0.1) is 0 Å². The highest BCUT2D eigenvalue weighted by Gasteiger charge is 2.15. The van der Waals surface area contributed by atoms with Gasteiger partial charge in [0.25, 0.3) is 0 Å². The third-order valence-electron chi connectivity index (χ3n) is 2.84. The number of hydrogen-bond donors (Lipinski definition) is 2. The number of benzene rings is 1. The van der Waals surface area contributed by atoms with Crippen LogP contribution in [0.15, 0.2) is 18.2 Å². The highest BCUT2D eigenvalue weighted by Crippen LogP contribution is 2.33. The molecule has 0 aliphatic carbocycles. The molecule has 0 fully saturated rings. The van der Waals surface area contributed by atoms with Gasteiger partial charge in [-0.25, -0.2) is 0 Å². The summed E-state index contributed by atoms with van der Waals surface area (Å²) in [6.07, 6.45) is 0. The van der Waals surface area contributed by atoms with Crippen LogP contribution in [-0.2, 0) is 9.53 Å². The molecule has 1 aliphatic heterocycles. The standard InChI is InChI=1S/C13H18N2O4/c1-9(15-4-5-17-7-13(14)16)10-2-3-11-12(6-10)19-8-18-11/h2-3,6,9,15H,4-5,7-8H2,1H3,(H2,14,16). The van der Waals surface area contributed by atoms with E-state index >= 15 is 0 Å². The first kappa shape index (κ1) is 13.6. The Morgan fingerprint density at radius 3 is 3.05 bits per heavy atom. The zero-order valence-electron chi connectivity index (χ0n) is 10.8. The lowest BCUT2D eigenvalue weighted by atomic mass is 10.1. The first-order chi connectivity index (χ1) is 9.16. The number of carbonyl (C=O) groups excluding carboxylic acids is 1. The third-order valence-corrected chi connectivity index (χ3v) is 2.84. The maximum atomic E-state index is 10.5. The van der Waals surface area contributed by atoms with Crippen molar-refractivity contribution in [2.24, 2.45) is 5.73 Å². The van der Waals surface area contributed by atoms with Crippen molar-refractivity contribution >= 4 is 5.91 Å². The van der Waals surface area contributed by atoms with Gasteiger partial charge in [0.05, 0.1) is 6.61 Å². The summed E-state index contributed by atoms with van der Waals surface area (Å²) in [5.41, 5.74) is 6.08. The second-order valence-corrected chi connectivity index (χ2v) is 4.31. The quantitative estimate of drug-likeness (QED) is 0.705. The van der Waals surface area contributed by atoms with Crippen molar-refractivity contribution in [2.75, 3.05) is 26.6 Å². The van der Waals surface area contributed by atoms with Crippen molar-refractivity contribution in [3.8, 4) is 11.5 Å². The Labute approximate surface area is 111 Å². The molecule has 1 heterocycles. The largest absolute Gasteiger partial charge is 0.454 e. The smallest absolute Gasteiger partial charge is 0.243 e. The van der Waals surface area contributed by atoms with Crippen LogP contribution in [0.2, 0.25) is 0 Å². The van der Waals surface area contributed by atoms with Crippen LogP contribution in [0.5, 0.6) is 11.5 Å². The van der Waals surface area contributed by atoms with E-state index in [0.29, 0.717) is 13.2 Å². The number of nitrogens with two attached hydrogens (primary N) is 1. The Balaban J connectivity index is 1.77. The van der Waals surface area contributed by atoms with Gasteiger partial charge in [-0.2, -0.15) is 0 Å². The number of rotatable bonds is 7. The van der Waals surface area contributed by atoms with Gasteiger partial charge < -0.3 is 25.3 Å². The van der Waals surface area contributed by atoms with Gasteiger partial charge in [0.1, 0.15) is 6.61 Å². The van der Waals surface area contributed by atoms with E-state index < -0.39 is 5.91 Å². The first-order valence-corrected chi connectivity index (χ1v) is 6.16. The van der Waals surface area contributed by atoms with E-state index in [1.807, 2.05) is 25.1 Å². The fourth-order valence-corrected chi connectivity index (χ4v) is 1.82. The summed E-state index contributed by atoms with van der Waals surface area (Å²) in [5.74, 6) is 1.10. The van der Waals surface area contributed by atoms with Gasteiger partial charge in [0.2, 0.25) is 12.7 Å². The van der Waals surface area contributed by atoms with Crippen molar-refractivity contribution in [1.29, 1.82) is 0 Å². The molecule has 1 unspecified atom stereocenters. The summed E-state index contributed by atoms with van der Waals surface area (Å²) >= 11 is 0. The average Bonchev–Trinajstić information content (AvgIpc) is 2.84. The molecule has 2 rings (SSSR count). The lowest BCUT2D eigenvalue weighted by Crippen LogP contribution is -2.25. The van der Waals surface area contributed by atoms with Gasteiger partial charge in [0, 0.05) is 12.6 Å². The first-order valence-electron chi connectivity index (χ1n) is 6.16. The third kappa shape index (κ3) is 3.84. The molecule has 1 aromatic carbocycles. The van der Waals surface area contributed by atoms with Crippen molar-refractivity contribution in [2.45, 2.75) is 13.0 Å². The van der Waals surface area contributed by atoms with E-state index in [2.05, 4.69) is 5.32 Å². The number of ether oxygens (including phenoxy) is 3. The van der Waals surface area contributed by atoms with Crippen molar-refractivity contribution in [1.82, 2.24) is 5.32 Å². The second kappa shape index (κ2) is 6.40. The molecule has 1 aliphatic rings. The number of hydrogen-bond acceptors (Lipinski definition) is 5. The molecule has 0 saturated carbocycles. The van der Waals surface area contributed by atoms with Gasteiger partial charge in [-0.1, -0.05) is 6.07 Å². The molecule has 0 spiro atoms. The summed E-state index contributed by atoms with van der Waals surface area (Å²) in [6, 6.07) is 6.02. The summed E-state index contributed by atoms with van der Waals surface area (Å²) in [5, 5.41) is 3.29. The molecule has 6 heteroatoms. The minimum absolute atomic E-state index is 0.0416. The van der Waals surface area contributed by atoms with Crippen LogP contribution < -0.4 is 20.5 Å². The second-order valence-electron chi connectivity index (χ2n) is 4.31. The average molecular weight is 266 g/mol. The monoisotopic (exact) mass is 266 g/mol. The fourth-order valence-electron chi connectivity index (χ4n) is 1.82. The van der Waals surface area contributed by atoms with Gasteiger partial charge in [0.15, 0.2) is 11.5 Å². The van der Waals surface area contributed by atoms with Crippen LogP contribution in [0.25, 0.3) is 0 Å². The number of nitrogens with one attached hydrogen (secondary N) is 1. The molecule has 3 N–H and O–H groups in total. The molecule has 1 atom stereocenters. The zero-order valence-corrected chi connectivity index (χ0v) is 10.8. The van der Waals surface area contributed by atoms with Gasteiger partial charge in [-0.05, 0) is 24.6 Å². The Morgan fingerprint density at radius 2 is 2.26 bits per heavy atom. The number of amides is 1. The Hall–Kier alpha value is -1.79. The molecule has 0 saturated heterocycles. The van der Waals surface area contributed by atoms with Gasteiger partial charge in [-0.3, -0.25) is 4.79 Å². The fraction of sp³-hybridized carbons (Fsp3) is 0.462. The van der Waals surface area contributed by atoms with E-state index in [9.17, 15) is 4.79 Å². The van der Waals surface area contributed by atoms with Gasteiger partial charge >= 0.3 is 0 Å².